The third-order valence-electron chi connectivity index (χ3n) is 5.21. The van der Waals surface area contributed by atoms with Crippen LogP contribution in [0.25, 0.3) is 12.2 Å². The van der Waals surface area contributed by atoms with Crippen LogP contribution in [0.4, 0.5) is 0 Å². The topological polar surface area (TPSA) is 17.1 Å². The zero-order chi connectivity index (χ0) is 19.6. The number of allylic oxidation sites excluding steroid dienone is 2. The number of halogens is 2. The number of carbonyl (C=O) groups excluding carboxylic acids is 1. The van der Waals surface area contributed by atoms with Crippen LogP contribution < -0.4 is 0 Å². The molecule has 1 unspecified atom stereocenters. The van der Waals surface area contributed by atoms with E-state index >= 15 is 0 Å². The van der Waals surface area contributed by atoms with Crippen molar-refractivity contribution in [1.29, 1.82) is 0 Å². The van der Waals surface area contributed by atoms with Gasteiger partial charge in [-0.3, -0.25) is 4.79 Å². The summed E-state index contributed by atoms with van der Waals surface area (Å²) < 4.78 is 2.03. The summed E-state index contributed by atoms with van der Waals surface area (Å²) >= 11 is 7.20. The van der Waals surface area contributed by atoms with E-state index in [0.29, 0.717) is 5.92 Å². The van der Waals surface area contributed by atoms with E-state index in [-0.39, 0.29) is 11.2 Å². The van der Waals surface area contributed by atoms with Gasteiger partial charge in [-0.05, 0) is 59.6 Å². The number of carbonyl (C=O) groups is 1. The van der Waals surface area contributed by atoms with Gasteiger partial charge in [-0.1, -0.05) is 89.0 Å². The lowest BCUT2D eigenvalue weighted by Crippen LogP contribution is -2.29. The zero-order valence-electron chi connectivity index (χ0n) is 15.9. The predicted molar refractivity (Wildman–Crippen MR) is 121 cm³/mol. The van der Waals surface area contributed by atoms with E-state index in [1.54, 1.807) is 0 Å². The van der Waals surface area contributed by atoms with Crippen LogP contribution in [0.2, 0.25) is 0 Å². The minimum absolute atomic E-state index is 0.140. The van der Waals surface area contributed by atoms with E-state index < -0.39 is 0 Å². The van der Waals surface area contributed by atoms with Crippen molar-refractivity contribution in [1.82, 2.24) is 0 Å². The second-order valence-corrected chi connectivity index (χ2v) is 9.89. The van der Waals surface area contributed by atoms with Gasteiger partial charge < -0.3 is 0 Å². The van der Waals surface area contributed by atoms with Crippen LogP contribution in [-0.4, -0.2) is 5.78 Å². The fourth-order valence-electron chi connectivity index (χ4n) is 3.42. The van der Waals surface area contributed by atoms with Crippen LogP contribution in [0.3, 0.4) is 0 Å². The van der Waals surface area contributed by atoms with Crippen molar-refractivity contribution in [2.45, 2.75) is 33.6 Å². The van der Waals surface area contributed by atoms with Crippen LogP contribution in [0.15, 0.2) is 68.6 Å². The van der Waals surface area contributed by atoms with Crippen molar-refractivity contribution in [3.8, 4) is 0 Å². The molecule has 0 aliphatic heterocycles. The Balaban J connectivity index is 2.05. The smallest absolute Gasteiger partial charge is 0.185 e. The highest BCUT2D eigenvalue weighted by molar-refractivity contribution is 9.10. The lowest BCUT2D eigenvalue weighted by atomic mass is 9.68. The Morgan fingerprint density at radius 1 is 0.815 bits per heavy atom. The van der Waals surface area contributed by atoms with Crippen molar-refractivity contribution in [2.24, 2.45) is 11.3 Å². The molecule has 0 aromatic heterocycles. The highest BCUT2D eigenvalue weighted by Gasteiger charge is 2.34. The molecular weight excluding hydrogens is 464 g/mol. The van der Waals surface area contributed by atoms with Crippen LogP contribution in [0.5, 0.6) is 0 Å². The van der Waals surface area contributed by atoms with Gasteiger partial charge in [-0.25, -0.2) is 0 Å². The molecule has 27 heavy (non-hydrogen) atoms. The Labute approximate surface area is 178 Å². The fourth-order valence-corrected chi connectivity index (χ4v) is 4.21. The van der Waals surface area contributed by atoms with Gasteiger partial charge in [0, 0.05) is 20.1 Å². The first-order valence-electron chi connectivity index (χ1n) is 9.20. The van der Waals surface area contributed by atoms with Gasteiger partial charge in [-0.2, -0.15) is 0 Å². The SMILES string of the molecule is CC(C)(C)C1C/C(=C/c2ccccc2Br)C(=O)/C(=C/c2ccccc2Br)C1. The quantitative estimate of drug-likeness (QED) is 0.396. The fraction of sp³-hybridized carbons (Fsp3) is 0.292. The molecule has 0 spiro atoms. The monoisotopic (exact) mass is 486 g/mol. The third-order valence-corrected chi connectivity index (χ3v) is 6.65. The van der Waals surface area contributed by atoms with E-state index in [0.717, 1.165) is 44.1 Å². The molecule has 0 N–H and O–H groups in total. The maximum absolute atomic E-state index is 13.3. The van der Waals surface area contributed by atoms with Crippen molar-refractivity contribution >= 4 is 49.8 Å². The van der Waals surface area contributed by atoms with Gasteiger partial charge in [0.2, 0.25) is 0 Å². The number of hydrogen-bond donors (Lipinski definition) is 0. The van der Waals surface area contributed by atoms with E-state index in [1.165, 1.54) is 0 Å². The number of ketones is 1. The molecule has 3 heteroatoms. The highest BCUT2D eigenvalue weighted by Crippen LogP contribution is 2.42. The number of rotatable bonds is 2. The molecule has 0 bridgehead atoms. The van der Waals surface area contributed by atoms with Crippen LogP contribution >= 0.6 is 31.9 Å². The summed E-state index contributed by atoms with van der Waals surface area (Å²) in [5.74, 6) is 0.597. The molecule has 2 aromatic carbocycles. The normalized spacial score (nSPS) is 21.1. The van der Waals surface area contributed by atoms with Gasteiger partial charge in [-0.15, -0.1) is 0 Å². The summed E-state index contributed by atoms with van der Waals surface area (Å²) in [4.78, 5) is 13.3. The number of Topliss-reactive ketones (excluding diaryl/α,β-unsaturated/α-hetero) is 1. The first-order valence-corrected chi connectivity index (χ1v) is 10.8. The van der Waals surface area contributed by atoms with E-state index in [9.17, 15) is 4.79 Å². The maximum Gasteiger partial charge on any atom is 0.185 e. The molecule has 3 rings (SSSR count). The first-order chi connectivity index (χ1) is 12.8. The van der Waals surface area contributed by atoms with Crippen LogP contribution in [0, 0.1) is 11.3 Å². The van der Waals surface area contributed by atoms with Gasteiger partial charge in [0.1, 0.15) is 0 Å². The van der Waals surface area contributed by atoms with Crippen LogP contribution in [0.1, 0.15) is 44.7 Å². The minimum Gasteiger partial charge on any atom is -0.289 e. The lowest BCUT2D eigenvalue weighted by molar-refractivity contribution is -0.113. The number of benzene rings is 2. The lowest BCUT2D eigenvalue weighted by Gasteiger charge is -2.35. The number of hydrogen-bond acceptors (Lipinski definition) is 1. The van der Waals surface area contributed by atoms with Gasteiger partial charge in [0.05, 0.1) is 0 Å². The Bertz CT molecular complexity index is 848. The largest absolute Gasteiger partial charge is 0.289 e. The average Bonchev–Trinajstić information content (AvgIpc) is 2.61. The summed E-state index contributed by atoms with van der Waals surface area (Å²) in [5.41, 5.74) is 4.03. The van der Waals surface area contributed by atoms with Crippen molar-refractivity contribution in [2.75, 3.05) is 0 Å². The first kappa shape index (κ1) is 20.3. The molecule has 1 nitrogen and oxygen atoms in total. The van der Waals surface area contributed by atoms with Gasteiger partial charge in [0.25, 0.3) is 0 Å². The Kier molecular flexibility index (Phi) is 6.22. The summed E-state index contributed by atoms with van der Waals surface area (Å²) in [6.45, 7) is 6.79. The molecule has 0 saturated heterocycles. The molecule has 1 aliphatic carbocycles. The summed E-state index contributed by atoms with van der Waals surface area (Å²) in [6.07, 6.45) is 5.74. The second kappa shape index (κ2) is 8.28. The van der Waals surface area contributed by atoms with Gasteiger partial charge in [0.15, 0.2) is 5.78 Å². The molecule has 1 atom stereocenters. The molecule has 0 heterocycles. The predicted octanol–water partition coefficient (Wildman–Crippen LogP) is 7.70. The summed E-state index contributed by atoms with van der Waals surface area (Å²) in [5, 5.41) is 0. The molecule has 0 amide bonds. The molecule has 1 aliphatic rings. The second-order valence-electron chi connectivity index (χ2n) is 8.18. The van der Waals surface area contributed by atoms with E-state index in [4.69, 9.17) is 0 Å². The Morgan fingerprint density at radius 3 is 1.59 bits per heavy atom. The highest BCUT2D eigenvalue weighted by atomic mass is 79.9. The molecule has 0 radical (unpaired) electrons. The zero-order valence-corrected chi connectivity index (χ0v) is 19.1. The minimum atomic E-state index is 0.140. The third kappa shape index (κ3) is 4.89. The van der Waals surface area contributed by atoms with Crippen molar-refractivity contribution in [3.63, 3.8) is 0 Å². The Morgan fingerprint density at radius 2 is 1.22 bits per heavy atom. The molecular formula is C24H24Br2O. The standard InChI is InChI=1S/C24H24Br2O/c1-24(2,3)20-14-18(12-16-8-4-6-10-21(16)25)23(27)19(15-20)13-17-9-5-7-11-22(17)26/h4-13,20H,14-15H2,1-3H3/b18-12-,19-13+. The molecule has 140 valence electrons. The van der Waals surface area contributed by atoms with Crippen molar-refractivity contribution in [3.05, 3.63) is 79.7 Å². The van der Waals surface area contributed by atoms with E-state index in [1.807, 2.05) is 48.5 Å². The van der Waals surface area contributed by atoms with Crippen molar-refractivity contribution < 1.29 is 4.79 Å². The molecule has 2 aromatic rings. The average molecular weight is 488 g/mol. The summed E-state index contributed by atoms with van der Waals surface area (Å²) in [7, 11) is 0. The molecule has 1 fully saturated rings. The maximum atomic E-state index is 13.3. The summed E-state index contributed by atoms with van der Waals surface area (Å²) in [6, 6.07) is 16.1. The van der Waals surface area contributed by atoms with E-state index in [2.05, 4.69) is 64.8 Å². The van der Waals surface area contributed by atoms with Crippen LogP contribution in [-0.2, 0) is 4.79 Å². The van der Waals surface area contributed by atoms with Gasteiger partial charge >= 0.3 is 0 Å². The molecule has 1 saturated carbocycles. The Hall–Kier alpha value is -1.45.